The van der Waals surface area contributed by atoms with Crippen LogP contribution < -0.4 is 20.9 Å². The number of rotatable bonds is 2. The first-order valence-corrected chi connectivity index (χ1v) is 8.14. The van der Waals surface area contributed by atoms with Crippen molar-refractivity contribution < 1.29 is 0 Å². The fourth-order valence-electron chi connectivity index (χ4n) is 2.41. The molecule has 0 aliphatic carbocycles. The van der Waals surface area contributed by atoms with Gasteiger partial charge >= 0.3 is 0 Å². The van der Waals surface area contributed by atoms with Crippen molar-refractivity contribution in [1.29, 1.82) is 0 Å². The Kier molecular flexibility index (Phi) is 4.35. The summed E-state index contributed by atoms with van der Waals surface area (Å²) in [4.78, 5) is 0. The Morgan fingerprint density at radius 2 is 1.17 bits per heavy atom. The Morgan fingerprint density at radius 1 is 0.783 bits per heavy atom. The highest BCUT2D eigenvalue weighted by Crippen LogP contribution is 2.26. The average Bonchev–Trinajstić information content (AvgIpc) is 2.55. The molecule has 0 atom stereocenters. The Morgan fingerprint density at radius 3 is 1.52 bits per heavy atom. The zero-order valence-electron chi connectivity index (χ0n) is 13.7. The molecule has 1 saturated heterocycles. The summed E-state index contributed by atoms with van der Waals surface area (Å²) in [6, 6.07) is 20.3. The zero-order valence-corrected chi connectivity index (χ0v) is 14.5. The molecular weight excluding hydrogens is 304 g/mol. The molecule has 2 aromatic rings. The van der Waals surface area contributed by atoms with E-state index in [-0.39, 0.29) is 11.6 Å². The van der Waals surface area contributed by atoms with Gasteiger partial charge in [-0.25, -0.2) is 20.9 Å². The number of para-hydroxylation sites is 2. The molecule has 23 heavy (non-hydrogen) atoms. The van der Waals surface area contributed by atoms with Gasteiger partial charge in [0.25, 0.3) is 0 Å². The van der Waals surface area contributed by atoms with Crippen molar-refractivity contribution in [1.82, 2.24) is 10.9 Å². The molecule has 2 N–H and O–H groups in total. The summed E-state index contributed by atoms with van der Waals surface area (Å²) in [5.74, 6) is 0. The second-order valence-corrected chi connectivity index (χ2v) is 7.05. The molecule has 1 heterocycles. The predicted molar refractivity (Wildman–Crippen MR) is 100.0 cm³/mol. The van der Waals surface area contributed by atoms with Gasteiger partial charge in [0, 0.05) is 0 Å². The van der Waals surface area contributed by atoms with Gasteiger partial charge in [0.2, 0.25) is 5.11 Å². The highest BCUT2D eigenvalue weighted by atomic mass is 32.1. The molecule has 1 fully saturated rings. The minimum Gasteiger partial charge on any atom is -0.249 e. The highest BCUT2D eigenvalue weighted by molar-refractivity contribution is 7.80. The van der Waals surface area contributed by atoms with Crippen molar-refractivity contribution in [3.63, 3.8) is 0 Å². The lowest BCUT2D eigenvalue weighted by Gasteiger charge is -2.47. The summed E-state index contributed by atoms with van der Waals surface area (Å²) >= 11 is 5.72. The quantitative estimate of drug-likeness (QED) is 0.822. The third-order valence-electron chi connectivity index (χ3n) is 3.79. The number of nitrogens with zero attached hydrogens (tertiary/aromatic N) is 2. The topological polar surface area (TPSA) is 30.5 Å². The SMILES string of the molecule is CC(C)(C)C1NN(c2ccccc2)C(=S)N(c2ccccc2)N1. The maximum absolute atomic E-state index is 5.72. The molecular formula is C18H22N4S. The number of hydrazine groups is 2. The molecule has 0 bridgehead atoms. The van der Waals surface area contributed by atoms with Crippen LogP contribution in [-0.4, -0.2) is 11.3 Å². The maximum Gasteiger partial charge on any atom is 0.210 e. The molecule has 5 heteroatoms. The Balaban J connectivity index is 1.98. The zero-order chi connectivity index (χ0) is 16.4. The van der Waals surface area contributed by atoms with Gasteiger partial charge in [0.1, 0.15) is 0 Å². The predicted octanol–water partition coefficient (Wildman–Crippen LogP) is 3.68. The van der Waals surface area contributed by atoms with E-state index in [1.54, 1.807) is 0 Å². The lowest BCUT2D eigenvalue weighted by molar-refractivity contribution is 0.219. The van der Waals surface area contributed by atoms with Crippen LogP contribution in [0, 0.1) is 5.41 Å². The van der Waals surface area contributed by atoms with Crippen LogP contribution in [0.15, 0.2) is 60.7 Å². The van der Waals surface area contributed by atoms with Gasteiger partial charge in [-0.05, 0) is 41.9 Å². The van der Waals surface area contributed by atoms with Crippen LogP contribution in [0.25, 0.3) is 0 Å². The molecule has 1 aliphatic heterocycles. The van der Waals surface area contributed by atoms with Crippen molar-refractivity contribution in [3.8, 4) is 0 Å². The third kappa shape index (κ3) is 3.37. The number of anilines is 2. The van der Waals surface area contributed by atoms with Gasteiger partial charge in [-0.15, -0.1) is 0 Å². The summed E-state index contributed by atoms with van der Waals surface area (Å²) in [5.41, 5.74) is 9.05. The van der Waals surface area contributed by atoms with Gasteiger partial charge in [-0.3, -0.25) is 0 Å². The Labute approximate surface area is 143 Å². The summed E-state index contributed by atoms with van der Waals surface area (Å²) in [7, 11) is 0. The lowest BCUT2D eigenvalue weighted by atomic mass is 9.93. The molecule has 120 valence electrons. The van der Waals surface area contributed by atoms with E-state index in [2.05, 4.69) is 31.6 Å². The smallest absolute Gasteiger partial charge is 0.210 e. The largest absolute Gasteiger partial charge is 0.249 e. The highest BCUT2D eigenvalue weighted by Gasteiger charge is 2.36. The Bertz CT molecular complexity index is 615. The van der Waals surface area contributed by atoms with Crippen LogP contribution >= 0.6 is 12.2 Å². The summed E-state index contributed by atoms with van der Waals surface area (Å²) < 4.78 is 0. The molecule has 2 aromatic carbocycles. The second-order valence-electron chi connectivity index (χ2n) is 6.68. The first kappa shape index (κ1) is 15.9. The van der Waals surface area contributed by atoms with Crippen LogP contribution in [0.2, 0.25) is 0 Å². The summed E-state index contributed by atoms with van der Waals surface area (Å²) in [6.07, 6.45) is 0.0367. The lowest BCUT2D eigenvalue weighted by Crippen LogP contribution is -2.72. The molecule has 0 unspecified atom stereocenters. The van der Waals surface area contributed by atoms with Crippen LogP contribution in [-0.2, 0) is 0 Å². The normalized spacial score (nSPS) is 16.7. The summed E-state index contributed by atoms with van der Waals surface area (Å²) in [6.45, 7) is 6.58. The second kappa shape index (κ2) is 6.28. The standard InChI is InChI=1S/C18H22N4S/c1-18(2,3)16-19-21(14-10-6-4-7-11-14)17(23)22(20-16)15-12-8-5-9-13-15/h4-13,16,19-20H,1-3H3. The molecule has 3 rings (SSSR count). The van der Waals surface area contributed by atoms with E-state index in [1.807, 2.05) is 70.7 Å². The fourth-order valence-corrected chi connectivity index (χ4v) is 2.73. The van der Waals surface area contributed by atoms with Crippen molar-refractivity contribution in [3.05, 3.63) is 60.7 Å². The number of nitrogens with one attached hydrogen (secondary N) is 2. The van der Waals surface area contributed by atoms with E-state index in [0.29, 0.717) is 5.11 Å². The van der Waals surface area contributed by atoms with Crippen LogP contribution in [0.3, 0.4) is 0 Å². The van der Waals surface area contributed by atoms with Gasteiger partial charge in [-0.1, -0.05) is 57.2 Å². The minimum absolute atomic E-state index is 0.0100. The number of hydrogen-bond acceptors (Lipinski definition) is 3. The monoisotopic (exact) mass is 326 g/mol. The molecule has 0 radical (unpaired) electrons. The van der Waals surface area contributed by atoms with Crippen molar-refractivity contribution >= 4 is 28.7 Å². The minimum atomic E-state index is 0.0100. The number of benzene rings is 2. The van der Waals surface area contributed by atoms with Crippen molar-refractivity contribution in [2.24, 2.45) is 5.41 Å². The number of hydrogen-bond donors (Lipinski definition) is 2. The molecule has 4 nitrogen and oxygen atoms in total. The van der Waals surface area contributed by atoms with E-state index >= 15 is 0 Å². The van der Waals surface area contributed by atoms with E-state index in [1.165, 1.54) is 0 Å². The van der Waals surface area contributed by atoms with Gasteiger partial charge in [-0.2, -0.15) is 0 Å². The van der Waals surface area contributed by atoms with Gasteiger partial charge in [0.15, 0.2) is 0 Å². The van der Waals surface area contributed by atoms with Crippen LogP contribution in [0.4, 0.5) is 11.4 Å². The molecule has 0 amide bonds. The maximum atomic E-state index is 5.72. The summed E-state index contributed by atoms with van der Waals surface area (Å²) in [5, 5.41) is 4.60. The van der Waals surface area contributed by atoms with Crippen LogP contribution in [0.5, 0.6) is 0 Å². The average molecular weight is 326 g/mol. The first-order chi connectivity index (χ1) is 11.0. The third-order valence-corrected chi connectivity index (χ3v) is 4.16. The number of thiocarbonyl (C=S) groups is 1. The van der Waals surface area contributed by atoms with Gasteiger partial charge < -0.3 is 0 Å². The molecule has 0 aromatic heterocycles. The van der Waals surface area contributed by atoms with E-state index < -0.39 is 0 Å². The van der Waals surface area contributed by atoms with Gasteiger partial charge in [0.05, 0.1) is 17.5 Å². The molecule has 1 aliphatic rings. The van der Waals surface area contributed by atoms with Crippen LogP contribution in [0.1, 0.15) is 20.8 Å². The van der Waals surface area contributed by atoms with Crippen molar-refractivity contribution in [2.45, 2.75) is 26.9 Å². The van der Waals surface area contributed by atoms with E-state index in [4.69, 9.17) is 12.2 Å². The van der Waals surface area contributed by atoms with E-state index in [0.717, 1.165) is 11.4 Å². The molecule has 0 spiro atoms. The Hall–Kier alpha value is -1.95. The first-order valence-electron chi connectivity index (χ1n) is 7.73. The van der Waals surface area contributed by atoms with Crippen molar-refractivity contribution in [2.75, 3.05) is 10.0 Å². The molecule has 0 saturated carbocycles. The fraction of sp³-hybridized carbons (Fsp3) is 0.278. The van der Waals surface area contributed by atoms with E-state index in [9.17, 15) is 0 Å².